The molecule has 0 aromatic rings. The molecular formula is C28H40O6. The molecule has 6 heteroatoms. The van der Waals surface area contributed by atoms with Crippen LogP contribution in [-0.4, -0.2) is 51.0 Å². The lowest BCUT2D eigenvalue weighted by Gasteiger charge is -2.60. The molecule has 1 spiro atoms. The number of carbonyl (C=O) groups excluding carboxylic acids is 2. The van der Waals surface area contributed by atoms with E-state index in [4.69, 9.17) is 9.47 Å². The maximum Gasteiger partial charge on any atom is 0.338 e. The molecule has 2 bridgehead atoms. The van der Waals surface area contributed by atoms with Crippen LogP contribution in [-0.2, 0) is 19.1 Å². The maximum absolute atomic E-state index is 13.4. The molecule has 2 heterocycles. The molecule has 0 aromatic heterocycles. The van der Waals surface area contributed by atoms with Gasteiger partial charge < -0.3 is 19.7 Å². The van der Waals surface area contributed by atoms with Crippen LogP contribution in [0.4, 0.5) is 0 Å². The first-order valence-corrected chi connectivity index (χ1v) is 13.7. The monoisotopic (exact) mass is 472 g/mol. The van der Waals surface area contributed by atoms with E-state index in [9.17, 15) is 19.8 Å². The van der Waals surface area contributed by atoms with E-state index in [1.165, 1.54) is 0 Å². The first-order chi connectivity index (χ1) is 15.9. The quantitative estimate of drug-likeness (QED) is 0.448. The molecule has 7 rings (SSSR count). The van der Waals surface area contributed by atoms with Gasteiger partial charge in [-0.1, -0.05) is 13.8 Å². The second kappa shape index (κ2) is 6.11. The van der Waals surface area contributed by atoms with Crippen molar-refractivity contribution in [1.82, 2.24) is 0 Å². The molecule has 0 unspecified atom stereocenters. The lowest BCUT2D eigenvalue weighted by molar-refractivity contribution is -0.217. The largest absolute Gasteiger partial charge is 0.460 e. The Labute approximate surface area is 202 Å². The number of ether oxygens (including phenoxy) is 2. The summed E-state index contributed by atoms with van der Waals surface area (Å²) in [6.07, 6.45) is 8.29. The van der Waals surface area contributed by atoms with Gasteiger partial charge in [0.15, 0.2) is 5.60 Å². The number of Topliss-reactive ketones (excluding diaryl/α,β-unsaturated/α-hetero) is 1. The summed E-state index contributed by atoms with van der Waals surface area (Å²) in [6.45, 7) is 8.05. The third-order valence-corrected chi connectivity index (χ3v) is 13.4. The van der Waals surface area contributed by atoms with Crippen molar-refractivity contribution in [2.75, 3.05) is 0 Å². The van der Waals surface area contributed by atoms with Gasteiger partial charge in [-0.05, 0) is 94.8 Å². The molecule has 2 aliphatic heterocycles. The van der Waals surface area contributed by atoms with Crippen LogP contribution in [0.1, 0.15) is 91.9 Å². The Kier molecular flexibility index (Phi) is 3.99. The first-order valence-electron chi connectivity index (χ1n) is 13.7. The average Bonchev–Trinajstić information content (AvgIpc) is 3.28. The minimum atomic E-state index is -1.60. The SMILES string of the molecule is C[C@]1(O)C(=O)O[C@H]2C[C@@H]([C@]3(O)CC[C@H]4[C@@H]5C[C@H]6O[C@]67CCCC(=O)[C@]7(C)[C@H]5CC[C@@]43C)[C@]1(C)C2. The molecule has 7 fully saturated rings. The molecular weight excluding hydrogens is 432 g/mol. The third-order valence-electron chi connectivity index (χ3n) is 13.4. The number of rotatable bonds is 1. The zero-order valence-corrected chi connectivity index (χ0v) is 21.1. The highest BCUT2D eigenvalue weighted by Gasteiger charge is 2.80. The molecule has 6 nitrogen and oxygen atoms in total. The van der Waals surface area contributed by atoms with Gasteiger partial charge in [-0.2, -0.15) is 0 Å². The summed E-state index contributed by atoms with van der Waals surface area (Å²) in [6, 6.07) is 0. The molecule has 34 heavy (non-hydrogen) atoms. The Balaban J connectivity index is 1.26. The second-order valence-electron chi connectivity index (χ2n) is 14.0. The van der Waals surface area contributed by atoms with E-state index < -0.39 is 22.6 Å². The summed E-state index contributed by atoms with van der Waals surface area (Å²) in [5, 5.41) is 23.9. The van der Waals surface area contributed by atoms with E-state index in [1.807, 2.05) is 6.92 Å². The summed E-state index contributed by atoms with van der Waals surface area (Å²) < 4.78 is 12.0. The van der Waals surface area contributed by atoms with Crippen LogP contribution in [0.15, 0.2) is 0 Å². The predicted octanol–water partition coefficient (Wildman–Crippen LogP) is 3.55. The van der Waals surface area contributed by atoms with Gasteiger partial charge in [0.25, 0.3) is 0 Å². The van der Waals surface area contributed by atoms with Gasteiger partial charge in [0.05, 0.1) is 17.1 Å². The average molecular weight is 473 g/mol. The minimum Gasteiger partial charge on any atom is -0.460 e. The molecule has 2 saturated heterocycles. The topological polar surface area (TPSA) is 96.4 Å². The lowest BCUT2D eigenvalue weighted by atomic mass is 9.43. The Bertz CT molecular complexity index is 991. The predicted molar refractivity (Wildman–Crippen MR) is 123 cm³/mol. The summed E-state index contributed by atoms with van der Waals surface area (Å²) in [5.74, 6) is 0.703. The van der Waals surface area contributed by atoms with Crippen LogP contribution in [0, 0.1) is 39.9 Å². The first kappa shape index (κ1) is 22.2. The number of epoxide rings is 1. The number of hydrogen-bond acceptors (Lipinski definition) is 6. The van der Waals surface area contributed by atoms with Crippen molar-refractivity contribution in [3.05, 3.63) is 0 Å². The molecule has 12 atom stereocenters. The molecule has 188 valence electrons. The van der Waals surface area contributed by atoms with Gasteiger partial charge in [-0.3, -0.25) is 4.79 Å². The highest BCUT2D eigenvalue weighted by atomic mass is 16.6. The standard InChI is InChI=1S/C28H40O6/c1-23-10-7-18-16(13-21-28(34-21)9-5-6-20(29)25(18,28)3)17(23)8-11-27(23,32)19-12-15-14-24(19,2)26(4,31)22(30)33-15/h15-19,21,31-32H,5-14H2,1-4H3/t15-,16-,17-,18-,19+,21+,23-,24-,25-,26-,27+,28+/m0/s1. The van der Waals surface area contributed by atoms with Crippen molar-refractivity contribution in [1.29, 1.82) is 0 Å². The minimum absolute atomic E-state index is 0.189. The van der Waals surface area contributed by atoms with Crippen LogP contribution >= 0.6 is 0 Å². The van der Waals surface area contributed by atoms with Crippen LogP contribution in [0.25, 0.3) is 0 Å². The summed E-state index contributed by atoms with van der Waals surface area (Å²) in [7, 11) is 0. The number of ketones is 1. The van der Waals surface area contributed by atoms with Crippen molar-refractivity contribution in [3.8, 4) is 0 Å². The summed E-state index contributed by atoms with van der Waals surface area (Å²) >= 11 is 0. The lowest BCUT2D eigenvalue weighted by Crippen LogP contribution is -2.65. The van der Waals surface area contributed by atoms with Crippen molar-refractivity contribution in [2.24, 2.45) is 39.9 Å². The number of fused-ring (bicyclic) bond motifs is 6. The van der Waals surface area contributed by atoms with Crippen molar-refractivity contribution >= 4 is 11.8 Å². The van der Waals surface area contributed by atoms with Crippen molar-refractivity contribution in [2.45, 2.75) is 121 Å². The zero-order valence-electron chi connectivity index (χ0n) is 21.1. The fourth-order valence-electron chi connectivity index (χ4n) is 11.2. The maximum atomic E-state index is 13.4. The molecule has 7 aliphatic rings. The molecule has 2 N–H and O–H groups in total. The van der Waals surface area contributed by atoms with Crippen LogP contribution in [0.2, 0.25) is 0 Å². The van der Waals surface area contributed by atoms with Gasteiger partial charge >= 0.3 is 5.97 Å². The number of aliphatic hydroxyl groups is 2. The van der Waals surface area contributed by atoms with Crippen molar-refractivity contribution in [3.63, 3.8) is 0 Å². The fourth-order valence-corrected chi connectivity index (χ4v) is 11.2. The Morgan fingerprint density at radius 2 is 1.65 bits per heavy atom. The smallest absolute Gasteiger partial charge is 0.338 e. The Hall–Kier alpha value is -0.980. The molecule has 0 radical (unpaired) electrons. The molecule has 5 aliphatic carbocycles. The van der Waals surface area contributed by atoms with Gasteiger partial charge in [-0.25, -0.2) is 4.79 Å². The molecule has 0 amide bonds. The second-order valence-corrected chi connectivity index (χ2v) is 14.0. The highest BCUT2D eigenvalue weighted by molar-refractivity contribution is 5.88. The van der Waals surface area contributed by atoms with Crippen LogP contribution in [0.3, 0.4) is 0 Å². The summed E-state index contributed by atoms with van der Waals surface area (Å²) in [5.41, 5.74) is -4.18. The fraction of sp³-hybridized carbons (Fsp3) is 0.929. The summed E-state index contributed by atoms with van der Waals surface area (Å²) in [4.78, 5) is 26.0. The van der Waals surface area contributed by atoms with E-state index in [1.54, 1.807) is 6.92 Å². The normalized spacial score (nSPS) is 63.9. The highest BCUT2D eigenvalue weighted by Crippen LogP contribution is 2.75. The van der Waals surface area contributed by atoms with Gasteiger partial charge in [0.1, 0.15) is 17.5 Å². The van der Waals surface area contributed by atoms with E-state index in [2.05, 4.69) is 13.8 Å². The Morgan fingerprint density at radius 3 is 2.41 bits per heavy atom. The van der Waals surface area contributed by atoms with Gasteiger partial charge in [0.2, 0.25) is 0 Å². The number of hydrogen-bond donors (Lipinski definition) is 2. The zero-order chi connectivity index (χ0) is 24.1. The molecule has 0 aromatic carbocycles. The van der Waals surface area contributed by atoms with E-state index in [-0.39, 0.29) is 34.6 Å². The van der Waals surface area contributed by atoms with Gasteiger partial charge in [-0.15, -0.1) is 0 Å². The van der Waals surface area contributed by atoms with Gasteiger partial charge in [0, 0.05) is 17.8 Å². The van der Waals surface area contributed by atoms with Crippen LogP contribution < -0.4 is 0 Å². The third kappa shape index (κ3) is 2.11. The van der Waals surface area contributed by atoms with E-state index in [0.29, 0.717) is 49.2 Å². The number of esters is 1. The molecule has 5 saturated carbocycles. The van der Waals surface area contributed by atoms with E-state index in [0.717, 1.165) is 38.5 Å². The van der Waals surface area contributed by atoms with E-state index >= 15 is 0 Å². The van der Waals surface area contributed by atoms with Crippen LogP contribution in [0.5, 0.6) is 0 Å². The number of carbonyl (C=O) groups is 2. The Morgan fingerprint density at radius 1 is 0.912 bits per heavy atom. The van der Waals surface area contributed by atoms with Crippen molar-refractivity contribution < 1.29 is 29.3 Å².